The predicted octanol–water partition coefficient (Wildman–Crippen LogP) is 6.06. The predicted molar refractivity (Wildman–Crippen MR) is 114 cm³/mol. The minimum absolute atomic E-state index is 0.115. The summed E-state index contributed by atoms with van der Waals surface area (Å²) in [5, 5.41) is 15.5. The summed E-state index contributed by atoms with van der Waals surface area (Å²) in [5.74, 6) is -0.279. The van der Waals surface area contributed by atoms with Crippen molar-refractivity contribution in [2.75, 3.05) is 5.32 Å². The first-order chi connectivity index (χ1) is 13.2. The van der Waals surface area contributed by atoms with Crippen LogP contribution in [0.25, 0.3) is 0 Å². The molecule has 1 aliphatic carbocycles. The van der Waals surface area contributed by atoms with Gasteiger partial charge in [0.25, 0.3) is 5.91 Å². The zero-order valence-electron chi connectivity index (χ0n) is 16.0. The van der Waals surface area contributed by atoms with E-state index in [1.54, 1.807) is 0 Å². The Hall–Kier alpha value is -1.80. The maximum absolute atomic E-state index is 12.5. The number of carbonyl (C=O) groups excluding carboxylic acids is 1. The molecule has 1 aliphatic rings. The van der Waals surface area contributed by atoms with E-state index < -0.39 is 0 Å². The second-order valence-corrected chi connectivity index (χ2v) is 8.17. The number of nitrogens with zero attached hydrogens (tertiary/aromatic N) is 1. The van der Waals surface area contributed by atoms with Gasteiger partial charge in [0, 0.05) is 22.4 Å². The van der Waals surface area contributed by atoms with Gasteiger partial charge in [-0.3, -0.25) is 4.79 Å². The quantitative estimate of drug-likeness (QED) is 0.449. The van der Waals surface area contributed by atoms with Gasteiger partial charge < -0.3 is 10.6 Å². The standard InChI is InChI=1S/C22H30BrN3O/c23-19-12-14-20(15-13-19)25-17-18(16-24)22(27)26-21-10-8-6-4-2-1-3-5-7-9-11-21/h12-15,17,21,25H,1-11H2,(H,26,27)/b18-17-. The largest absolute Gasteiger partial charge is 0.360 e. The van der Waals surface area contributed by atoms with Crippen molar-refractivity contribution in [3.05, 3.63) is 40.5 Å². The van der Waals surface area contributed by atoms with Crippen LogP contribution in [0.5, 0.6) is 0 Å². The van der Waals surface area contributed by atoms with Gasteiger partial charge in [-0.05, 0) is 37.1 Å². The van der Waals surface area contributed by atoms with Gasteiger partial charge in [0.2, 0.25) is 0 Å². The van der Waals surface area contributed by atoms with Crippen LogP contribution >= 0.6 is 15.9 Å². The van der Waals surface area contributed by atoms with E-state index in [-0.39, 0.29) is 17.5 Å². The minimum atomic E-state index is -0.279. The topological polar surface area (TPSA) is 64.9 Å². The second-order valence-electron chi connectivity index (χ2n) is 7.25. The molecule has 0 atom stereocenters. The Labute approximate surface area is 171 Å². The summed E-state index contributed by atoms with van der Waals surface area (Å²) < 4.78 is 0.984. The number of carbonyl (C=O) groups is 1. The lowest BCUT2D eigenvalue weighted by Gasteiger charge is -2.19. The van der Waals surface area contributed by atoms with Crippen molar-refractivity contribution in [2.24, 2.45) is 0 Å². The van der Waals surface area contributed by atoms with E-state index in [2.05, 4.69) is 26.6 Å². The summed E-state index contributed by atoms with van der Waals surface area (Å²) in [6, 6.07) is 9.79. The van der Waals surface area contributed by atoms with Crippen molar-refractivity contribution in [3.8, 4) is 6.07 Å². The highest BCUT2D eigenvalue weighted by atomic mass is 79.9. The number of hydrogen-bond acceptors (Lipinski definition) is 3. The summed E-state index contributed by atoms with van der Waals surface area (Å²) >= 11 is 3.39. The molecule has 0 saturated heterocycles. The van der Waals surface area contributed by atoms with Crippen molar-refractivity contribution in [1.82, 2.24) is 5.32 Å². The molecule has 1 aromatic carbocycles. The van der Waals surface area contributed by atoms with Gasteiger partial charge in [-0.2, -0.15) is 5.26 Å². The van der Waals surface area contributed by atoms with Crippen LogP contribution in [0, 0.1) is 11.3 Å². The molecule has 146 valence electrons. The van der Waals surface area contributed by atoms with Gasteiger partial charge in [-0.15, -0.1) is 0 Å². The molecule has 27 heavy (non-hydrogen) atoms. The van der Waals surface area contributed by atoms with Crippen molar-refractivity contribution in [2.45, 2.75) is 76.7 Å². The summed E-state index contributed by atoms with van der Waals surface area (Å²) in [6.07, 6.45) is 14.9. The van der Waals surface area contributed by atoms with E-state index in [9.17, 15) is 10.1 Å². The molecule has 2 rings (SSSR count). The van der Waals surface area contributed by atoms with Crippen molar-refractivity contribution in [3.63, 3.8) is 0 Å². The Bertz CT molecular complexity index is 637. The fourth-order valence-electron chi connectivity index (χ4n) is 3.42. The first kappa shape index (κ1) is 21.5. The molecular formula is C22H30BrN3O. The lowest BCUT2D eigenvalue weighted by molar-refractivity contribution is -0.117. The van der Waals surface area contributed by atoms with Crippen LogP contribution in [0.4, 0.5) is 5.69 Å². The Morgan fingerprint density at radius 1 is 0.963 bits per heavy atom. The maximum Gasteiger partial charge on any atom is 0.263 e. The van der Waals surface area contributed by atoms with Crippen LogP contribution in [0.1, 0.15) is 70.6 Å². The SMILES string of the molecule is N#C/C(=C/Nc1ccc(Br)cc1)C(=O)NC1CCCCCCCCCCC1. The number of nitrogens with one attached hydrogen (secondary N) is 2. The molecule has 1 fully saturated rings. The molecule has 2 N–H and O–H groups in total. The van der Waals surface area contributed by atoms with Crippen LogP contribution in [-0.2, 0) is 4.79 Å². The van der Waals surface area contributed by atoms with Crippen molar-refractivity contribution >= 4 is 27.5 Å². The first-order valence-electron chi connectivity index (χ1n) is 10.1. The number of nitriles is 1. The number of anilines is 1. The highest BCUT2D eigenvalue weighted by Gasteiger charge is 2.16. The van der Waals surface area contributed by atoms with Crippen LogP contribution in [0.2, 0.25) is 0 Å². The minimum Gasteiger partial charge on any atom is -0.360 e. The average Bonchev–Trinajstić information content (AvgIpc) is 2.66. The third-order valence-corrected chi connectivity index (χ3v) is 5.56. The van der Waals surface area contributed by atoms with E-state index in [1.807, 2.05) is 30.3 Å². The third kappa shape index (κ3) is 8.62. The zero-order valence-corrected chi connectivity index (χ0v) is 17.6. The maximum atomic E-state index is 12.5. The highest BCUT2D eigenvalue weighted by Crippen LogP contribution is 2.18. The fraction of sp³-hybridized carbons (Fsp3) is 0.545. The van der Waals surface area contributed by atoms with Crippen LogP contribution < -0.4 is 10.6 Å². The third-order valence-electron chi connectivity index (χ3n) is 5.03. The lowest BCUT2D eigenvalue weighted by Crippen LogP contribution is -2.35. The lowest BCUT2D eigenvalue weighted by atomic mass is 9.98. The van der Waals surface area contributed by atoms with E-state index >= 15 is 0 Å². The number of benzene rings is 1. The summed E-state index contributed by atoms with van der Waals surface area (Å²) in [5.41, 5.74) is 0.953. The normalized spacial score (nSPS) is 17.9. The molecule has 4 nitrogen and oxygen atoms in total. The average molecular weight is 432 g/mol. The van der Waals surface area contributed by atoms with E-state index in [0.717, 1.165) is 35.8 Å². The van der Waals surface area contributed by atoms with E-state index in [1.165, 1.54) is 51.1 Å². The molecule has 0 spiro atoms. The van der Waals surface area contributed by atoms with E-state index in [4.69, 9.17) is 0 Å². The Balaban J connectivity index is 1.90. The summed E-state index contributed by atoms with van der Waals surface area (Å²) in [7, 11) is 0. The Kier molecular flexibility index (Phi) is 10.0. The molecule has 0 radical (unpaired) electrons. The fourth-order valence-corrected chi connectivity index (χ4v) is 3.69. The molecule has 1 aromatic rings. The molecule has 0 aliphatic heterocycles. The number of halogens is 1. The Morgan fingerprint density at radius 3 is 2.00 bits per heavy atom. The molecule has 1 amide bonds. The zero-order chi connectivity index (χ0) is 19.3. The van der Waals surface area contributed by atoms with Crippen molar-refractivity contribution in [1.29, 1.82) is 5.26 Å². The second kappa shape index (κ2) is 12.6. The van der Waals surface area contributed by atoms with Crippen molar-refractivity contribution < 1.29 is 4.79 Å². The first-order valence-corrected chi connectivity index (χ1v) is 10.9. The molecule has 0 aromatic heterocycles. The smallest absolute Gasteiger partial charge is 0.263 e. The molecule has 0 unspecified atom stereocenters. The van der Waals surface area contributed by atoms with E-state index in [0.29, 0.717) is 0 Å². The van der Waals surface area contributed by atoms with Gasteiger partial charge in [0.15, 0.2) is 0 Å². The van der Waals surface area contributed by atoms with Crippen LogP contribution in [0.3, 0.4) is 0 Å². The monoisotopic (exact) mass is 431 g/mol. The molecule has 5 heteroatoms. The summed E-state index contributed by atoms with van der Waals surface area (Å²) in [4.78, 5) is 12.5. The van der Waals surface area contributed by atoms with Crippen LogP contribution in [-0.4, -0.2) is 11.9 Å². The van der Waals surface area contributed by atoms with Gasteiger partial charge in [-0.25, -0.2) is 0 Å². The highest BCUT2D eigenvalue weighted by molar-refractivity contribution is 9.10. The molecule has 0 heterocycles. The number of hydrogen-bond donors (Lipinski definition) is 2. The molecular weight excluding hydrogens is 402 g/mol. The van der Waals surface area contributed by atoms with Crippen LogP contribution in [0.15, 0.2) is 40.5 Å². The molecule has 0 bridgehead atoms. The number of amides is 1. The van der Waals surface area contributed by atoms with Gasteiger partial charge >= 0.3 is 0 Å². The van der Waals surface area contributed by atoms with Gasteiger partial charge in [0.1, 0.15) is 11.6 Å². The molecule has 1 saturated carbocycles. The van der Waals surface area contributed by atoms with Gasteiger partial charge in [0.05, 0.1) is 0 Å². The number of rotatable bonds is 4. The summed E-state index contributed by atoms with van der Waals surface area (Å²) in [6.45, 7) is 0. The van der Waals surface area contributed by atoms with Gasteiger partial charge in [-0.1, -0.05) is 73.7 Å². The Morgan fingerprint density at radius 2 is 1.48 bits per heavy atom.